The second kappa shape index (κ2) is 10.2. The van der Waals surface area contributed by atoms with E-state index in [1.54, 1.807) is 7.11 Å². The van der Waals surface area contributed by atoms with E-state index >= 15 is 0 Å². The summed E-state index contributed by atoms with van der Waals surface area (Å²) in [6.45, 7) is 4.61. The molecule has 8 nitrogen and oxygen atoms in total. The van der Waals surface area contributed by atoms with Gasteiger partial charge >= 0.3 is 0 Å². The van der Waals surface area contributed by atoms with E-state index < -0.39 is 0 Å². The second-order valence-corrected chi connectivity index (χ2v) is 12.9. The summed E-state index contributed by atoms with van der Waals surface area (Å²) in [5.41, 5.74) is 7.87. The molecule has 217 valence electrons. The van der Waals surface area contributed by atoms with Gasteiger partial charge in [-0.25, -0.2) is 9.97 Å². The van der Waals surface area contributed by atoms with Crippen molar-refractivity contribution in [3.8, 4) is 28.1 Å². The number of hydrogen-bond donors (Lipinski definition) is 3. The van der Waals surface area contributed by atoms with E-state index in [1.165, 1.54) is 29.3 Å². The maximum atomic E-state index is 6.38. The molecular weight excluding hydrogens is 535 g/mol. The number of likely N-dealkylation sites (tertiary alicyclic amines) is 1. The molecule has 43 heavy (non-hydrogen) atoms. The van der Waals surface area contributed by atoms with Gasteiger partial charge in [0, 0.05) is 24.6 Å². The van der Waals surface area contributed by atoms with E-state index in [2.05, 4.69) is 69.9 Å². The van der Waals surface area contributed by atoms with Crippen molar-refractivity contribution in [2.45, 2.75) is 50.1 Å². The molecule has 9 heteroatoms. The minimum absolute atomic E-state index is 0.314. The number of ether oxygens (including phenoxy) is 2. The lowest BCUT2D eigenvalue weighted by molar-refractivity contribution is 0.153. The van der Waals surface area contributed by atoms with Crippen LogP contribution >= 0.6 is 0 Å². The molecule has 0 aliphatic carbocycles. The third-order valence-corrected chi connectivity index (χ3v) is 9.91. The number of H-pyrrole nitrogens is 2. The number of fused-ring (bicyclic) bond motifs is 6. The molecule has 2 aromatic heterocycles. The maximum absolute atomic E-state index is 6.38. The Hall–Kier alpha value is -3.66. The molecule has 9 rings (SSSR count). The van der Waals surface area contributed by atoms with Crippen LogP contribution in [0.1, 0.15) is 48.6 Å². The molecule has 6 heterocycles. The summed E-state index contributed by atoms with van der Waals surface area (Å²) in [5.74, 6) is 4.31. The van der Waals surface area contributed by atoms with Crippen LogP contribution in [0.25, 0.3) is 44.2 Å². The lowest BCUT2D eigenvalue weighted by atomic mass is 9.92. The largest absolute Gasteiger partial charge is 0.488 e. The van der Waals surface area contributed by atoms with E-state index in [0.29, 0.717) is 24.6 Å². The van der Waals surface area contributed by atoms with Crippen molar-refractivity contribution >= 4 is 29.1 Å². The lowest BCUT2D eigenvalue weighted by Gasteiger charge is -2.23. The van der Waals surface area contributed by atoms with Gasteiger partial charge < -0.3 is 24.8 Å². The van der Waals surface area contributed by atoms with Crippen molar-refractivity contribution < 1.29 is 9.47 Å². The Bertz CT molecular complexity index is 1840. The van der Waals surface area contributed by atoms with Gasteiger partial charge in [0.2, 0.25) is 0 Å². The van der Waals surface area contributed by atoms with Gasteiger partial charge in [-0.3, -0.25) is 4.90 Å². The number of nitrogens with zero attached hydrogens (tertiary/aromatic N) is 3. The van der Waals surface area contributed by atoms with E-state index in [0.717, 1.165) is 95.5 Å². The van der Waals surface area contributed by atoms with Crippen LogP contribution in [0.3, 0.4) is 0 Å². The molecule has 0 amide bonds. The standard InChI is InChI=1S/C34H36BN6O2/c1-42-17-19-9-30(41(15-19)16-23-13-35-23)34-37-14-29(39-34)21-4-6-24-22(10-21)18-43-31-12-25-20(11-26(24)31)5-7-27-32(25)40-33(38-27)28-3-2-8-36-28/h4-7,10-12,14,19,23,28,30,36H,2-3,8-9,13,15-18H2,1H3,(H,37,39)(H,38,40)/t19-,23?,28-,30-/m0/s1. The first kappa shape index (κ1) is 25.8. The summed E-state index contributed by atoms with van der Waals surface area (Å²) in [4.78, 5) is 19.8. The van der Waals surface area contributed by atoms with Crippen LogP contribution in [0, 0.1) is 5.92 Å². The number of methoxy groups -OCH3 is 1. The number of hydrogen-bond acceptors (Lipinski definition) is 6. The van der Waals surface area contributed by atoms with Crippen LogP contribution in [0.5, 0.6) is 5.75 Å². The van der Waals surface area contributed by atoms with Gasteiger partial charge in [-0.05, 0) is 84.6 Å². The van der Waals surface area contributed by atoms with Gasteiger partial charge in [0.15, 0.2) is 0 Å². The van der Waals surface area contributed by atoms with Crippen LogP contribution in [-0.4, -0.2) is 65.5 Å². The van der Waals surface area contributed by atoms with Crippen LogP contribution in [0.4, 0.5) is 0 Å². The van der Waals surface area contributed by atoms with E-state index in [1.807, 2.05) is 6.20 Å². The van der Waals surface area contributed by atoms with Crippen molar-refractivity contribution in [2.24, 2.45) is 5.92 Å². The van der Waals surface area contributed by atoms with Crippen LogP contribution < -0.4 is 10.1 Å². The molecule has 3 N–H and O–H groups in total. The highest BCUT2D eigenvalue weighted by Crippen LogP contribution is 2.43. The second-order valence-electron chi connectivity index (χ2n) is 12.9. The molecule has 1 radical (unpaired) electrons. The van der Waals surface area contributed by atoms with Gasteiger partial charge in [-0.2, -0.15) is 0 Å². The molecule has 4 atom stereocenters. The third kappa shape index (κ3) is 4.56. The van der Waals surface area contributed by atoms with E-state index in [-0.39, 0.29) is 0 Å². The zero-order valence-electron chi connectivity index (χ0n) is 24.5. The molecule has 3 aromatic carbocycles. The molecule has 0 saturated carbocycles. The minimum Gasteiger partial charge on any atom is -0.488 e. The predicted octanol–water partition coefficient (Wildman–Crippen LogP) is 6.02. The first-order valence-corrected chi connectivity index (χ1v) is 15.8. The third-order valence-electron chi connectivity index (χ3n) is 9.91. The van der Waals surface area contributed by atoms with E-state index in [4.69, 9.17) is 19.4 Å². The Morgan fingerprint density at radius 2 is 2.05 bits per heavy atom. The van der Waals surface area contributed by atoms with Gasteiger partial charge in [-0.15, -0.1) is 0 Å². The number of imidazole rings is 2. The average Bonchev–Trinajstić information content (AvgIpc) is 3.50. The quantitative estimate of drug-likeness (QED) is 0.207. The summed E-state index contributed by atoms with van der Waals surface area (Å²) in [6, 6.07) is 16.1. The fourth-order valence-corrected chi connectivity index (χ4v) is 7.60. The van der Waals surface area contributed by atoms with Gasteiger partial charge in [0.05, 0.1) is 41.6 Å². The van der Waals surface area contributed by atoms with Crippen LogP contribution in [0.15, 0.2) is 48.7 Å². The molecule has 4 aliphatic rings. The molecule has 1 unspecified atom stereocenters. The molecule has 3 fully saturated rings. The Balaban J connectivity index is 1.01. The molecule has 0 spiro atoms. The number of benzene rings is 3. The lowest BCUT2D eigenvalue weighted by Crippen LogP contribution is -2.26. The monoisotopic (exact) mass is 571 g/mol. The van der Waals surface area contributed by atoms with Crippen molar-refractivity contribution in [1.29, 1.82) is 0 Å². The zero-order chi connectivity index (χ0) is 28.5. The minimum atomic E-state index is 0.314. The molecule has 5 aromatic rings. The van der Waals surface area contributed by atoms with Crippen molar-refractivity contribution in [3.05, 3.63) is 65.9 Å². The Morgan fingerprint density at radius 3 is 2.91 bits per heavy atom. The number of aromatic nitrogens is 4. The highest BCUT2D eigenvalue weighted by Gasteiger charge is 2.38. The van der Waals surface area contributed by atoms with Crippen molar-refractivity contribution in [1.82, 2.24) is 30.2 Å². The SMILES string of the molecule is COC[C@H]1C[C@@H](c2ncc(-c3ccc4c(c3)COc3cc5c(ccc6[nH]c([C@@H]7CCCN7)nc65)cc3-4)[nH]2)N(CC2[B]C2)C1. The van der Waals surface area contributed by atoms with Crippen molar-refractivity contribution in [3.63, 3.8) is 0 Å². The first-order chi connectivity index (χ1) is 21.2. The summed E-state index contributed by atoms with van der Waals surface area (Å²) < 4.78 is 11.9. The Morgan fingerprint density at radius 1 is 1.09 bits per heavy atom. The highest BCUT2D eigenvalue weighted by molar-refractivity contribution is 6.51. The van der Waals surface area contributed by atoms with Crippen LogP contribution in [-0.2, 0) is 11.3 Å². The summed E-state index contributed by atoms with van der Waals surface area (Å²) >= 11 is 0. The van der Waals surface area contributed by atoms with Gasteiger partial charge in [-0.1, -0.05) is 30.3 Å². The number of nitrogens with one attached hydrogen (secondary N) is 3. The number of aromatic amines is 2. The highest BCUT2D eigenvalue weighted by atomic mass is 16.5. The maximum Gasteiger partial charge on any atom is 0.128 e. The normalized spacial score (nSPS) is 24.7. The Labute approximate surface area is 251 Å². The first-order valence-electron chi connectivity index (χ1n) is 15.8. The fourth-order valence-electron chi connectivity index (χ4n) is 7.60. The van der Waals surface area contributed by atoms with Gasteiger partial charge in [0.1, 0.15) is 31.3 Å². The molecule has 0 bridgehead atoms. The molecule has 4 aliphatic heterocycles. The van der Waals surface area contributed by atoms with E-state index in [9.17, 15) is 0 Å². The zero-order valence-corrected chi connectivity index (χ0v) is 24.5. The summed E-state index contributed by atoms with van der Waals surface area (Å²) in [6.07, 6.45) is 6.64. The molecular formula is C34H36BN6O2. The Kier molecular flexibility index (Phi) is 6.13. The average molecular weight is 572 g/mol. The molecule has 3 saturated heterocycles. The smallest absolute Gasteiger partial charge is 0.128 e. The van der Waals surface area contributed by atoms with Gasteiger partial charge in [0.25, 0.3) is 0 Å². The fraction of sp³-hybridized carbons (Fsp3) is 0.412. The summed E-state index contributed by atoms with van der Waals surface area (Å²) in [7, 11) is 4.22. The number of rotatable bonds is 7. The van der Waals surface area contributed by atoms with Crippen molar-refractivity contribution in [2.75, 3.05) is 33.4 Å². The summed E-state index contributed by atoms with van der Waals surface area (Å²) in [5, 5.41) is 5.87. The predicted molar refractivity (Wildman–Crippen MR) is 170 cm³/mol. The topological polar surface area (TPSA) is 91.1 Å². The van der Waals surface area contributed by atoms with Crippen LogP contribution in [0.2, 0.25) is 12.1 Å².